The first kappa shape index (κ1) is 15.3. The van der Waals surface area contributed by atoms with Crippen LogP contribution in [-0.2, 0) is 9.59 Å². The Morgan fingerprint density at radius 2 is 2.05 bits per heavy atom. The number of amides is 2. The summed E-state index contributed by atoms with van der Waals surface area (Å²) in [5, 5.41) is 0. The van der Waals surface area contributed by atoms with Crippen molar-refractivity contribution in [3.63, 3.8) is 0 Å². The topological polar surface area (TPSA) is 66.6 Å². The van der Waals surface area contributed by atoms with E-state index in [1.165, 1.54) is 0 Å². The Hall–Kier alpha value is -1.10. The van der Waals surface area contributed by atoms with Gasteiger partial charge in [-0.15, -0.1) is 0 Å². The fourth-order valence-corrected chi connectivity index (χ4v) is 3.06. The molecule has 2 aliphatic heterocycles. The molecule has 0 aromatic carbocycles. The minimum atomic E-state index is -0.0449. The normalized spacial score (nSPS) is 27.4. The molecular formula is C15H27N3O2. The standard InChI is InChI=1S/C15H27N3O2/c1-15(2)11-18(9-7-12(15)16)14(20)10-17-8-5-3-4-6-13(17)19/h12H,3-11,16H2,1-2H3. The van der Waals surface area contributed by atoms with E-state index in [2.05, 4.69) is 13.8 Å². The lowest BCUT2D eigenvalue weighted by Gasteiger charge is -2.43. The van der Waals surface area contributed by atoms with Crippen LogP contribution in [0, 0.1) is 5.41 Å². The van der Waals surface area contributed by atoms with Crippen LogP contribution in [0.15, 0.2) is 0 Å². The van der Waals surface area contributed by atoms with Crippen molar-refractivity contribution >= 4 is 11.8 Å². The second-order valence-electron chi connectivity index (χ2n) is 6.82. The van der Waals surface area contributed by atoms with E-state index in [1.54, 1.807) is 4.90 Å². The fraction of sp³-hybridized carbons (Fsp3) is 0.867. The Morgan fingerprint density at radius 3 is 2.75 bits per heavy atom. The van der Waals surface area contributed by atoms with E-state index in [1.807, 2.05) is 4.90 Å². The van der Waals surface area contributed by atoms with Gasteiger partial charge in [-0.05, 0) is 24.7 Å². The van der Waals surface area contributed by atoms with Crippen LogP contribution in [-0.4, -0.2) is 53.8 Å². The maximum atomic E-state index is 12.4. The van der Waals surface area contributed by atoms with Gasteiger partial charge in [0.2, 0.25) is 11.8 Å². The summed E-state index contributed by atoms with van der Waals surface area (Å²) in [5.41, 5.74) is 6.05. The summed E-state index contributed by atoms with van der Waals surface area (Å²) in [6.45, 7) is 6.58. The van der Waals surface area contributed by atoms with E-state index >= 15 is 0 Å². The van der Waals surface area contributed by atoms with Gasteiger partial charge in [0.1, 0.15) is 0 Å². The number of nitrogens with two attached hydrogens (primary N) is 1. The van der Waals surface area contributed by atoms with Crippen molar-refractivity contribution in [1.82, 2.24) is 9.80 Å². The molecule has 0 radical (unpaired) electrons. The second kappa shape index (κ2) is 6.12. The molecule has 5 nitrogen and oxygen atoms in total. The Kier molecular flexibility index (Phi) is 4.68. The van der Waals surface area contributed by atoms with E-state index in [0.29, 0.717) is 19.5 Å². The number of rotatable bonds is 2. The molecule has 1 atom stereocenters. The van der Waals surface area contributed by atoms with Gasteiger partial charge in [-0.1, -0.05) is 20.3 Å². The van der Waals surface area contributed by atoms with Gasteiger partial charge in [0.25, 0.3) is 0 Å². The zero-order valence-corrected chi connectivity index (χ0v) is 12.7. The lowest BCUT2D eigenvalue weighted by molar-refractivity contribution is -0.142. The van der Waals surface area contributed by atoms with Gasteiger partial charge in [-0.2, -0.15) is 0 Å². The van der Waals surface area contributed by atoms with E-state index in [-0.39, 0.29) is 29.8 Å². The van der Waals surface area contributed by atoms with Crippen molar-refractivity contribution in [1.29, 1.82) is 0 Å². The smallest absolute Gasteiger partial charge is 0.242 e. The highest BCUT2D eigenvalue weighted by molar-refractivity contribution is 5.85. The van der Waals surface area contributed by atoms with Gasteiger partial charge in [0, 0.05) is 32.1 Å². The molecular weight excluding hydrogens is 254 g/mol. The van der Waals surface area contributed by atoms with Crippen LogP contribution in [0.5, 0.6) is 0 Å². The zero-order valence-electron chi connectivity index (χ0n) is 12.7. The Balaban J connectivity index is 1.92. The maximum Gasteiger partial charge on any atom is 0.242 e. The highest BCUT2D eigenvalue weighted by atomic mass is 16.2. The quantitative estimate of drug-likeness (QED) is 0.820. The summed E-state index contributed by atoms with van der Waals surface area (Å²) in [6.07, 6.45) is 4.48. The molecule has 0 aliphatic carbocycles. The number of nitrogens with zero attached hydrogens (tertiary/aromatic N) is 2. The SMILES string of the molecule is CC1(C)CN(C(=O)CN2CCCCCC2=O)CCC1N. The Bertz CT molecular complexity index is 381. The summed E-state index contributed by atoms with van der Waals surface area (Å²) in [4.78, 5) is 28.0. The molecule has 2 heterocycles. The third kappa shape index (κ3) is 3.51. The average molecular weight is 281 g/mol. The predicted molar refractivity (Wildman–Crippen MR) is 78.0 cm³/mol. The Morgan fingerprint density at radius 1 is 1.30 bits per heavy atom. The summed E-state index contributed by atoms with van der Waals surface area (Å²) in [6, 6.07) is 0.145. The number of carbonyl (C=O) groups is 2. The first-order valence-electron chi connectivity index (χ1n) is 7.71. The minimum absolute atomic E-state index is 0.0449. The van der Waals surface area contributed by atoms with Crippen LogP contribution in [0.4, 0.5) is 0 Å². The average Bonchev–Trinajstić information content (AvgIpc) is 2.58. The molecule has 114 valence electrons. The summed E-state index contributed by atoms with van der Waals surface area (Å²) in [7, 11) is 0. The van der Waals surface area contributed by atoms with E-state index in [0.717, 1.165) is 32.2 Å². The first-order chi connectivity index (χ1) is 9.40. The maximum absolute atomic E-state index is 12.4. The van der Waals surface area contributed by atoms with Crippen LogP contribution in [0.3, 0.4) is 0 Å². The molecule has 0 aromatic rings. The number of hydrogen-bond donors (Lipinski definition) is 1. The van der Waals surface area contributed by atoms with Crippen LogP contribution in [0.1, 0.15) is 46.0 Å². The molecule has 2 amide bonds. The molecule has 20 heavy (non-hydrogen) atoms. The minimum Gasteiger partial charge on any atom is -0.341 e. The molecule has 2 rings (SSSR count). The first-order valence-corrected chi connectivity index (χ1v) is 7.71. The monoisotopic (exact) mass is 281 g/mol. The van der Waals surface area contributed by atoms with Crippen molar-refractivity contribution < 1.29 is 9.59 Å². The van der Waals surface area contributed by atoms with E-state index < -0.39 is 0 Å². The molecule has 5 heteroatoms. The highest BCUT2D eigenvalue weighted by Gasteiger charge is 2.35. The van der Waals surface area contributed by atoms with Crippen molar-refractivity contribution in [3.05, 3.63) is 0 Å². The van der Waals surface area contributed by atoms with Crippen LogP contribution >= 0.6 is 0 Å². The third-order valence-electron chi connectivity index (χ3n) is 4.66. The van der Waals surface area contributed by atoms with Gasteiger partial charge < -0.3 is 15.5 Å². The molecule has 2 N–H and O–H groups in total. The number of piperidine rings is 1. The van der Waals surface area contributed by atoms with E-state index in [4.69, 9.17) is 5.73 Å². The van der Waals surface area contributed by atoms with Gasteiger partial charge in [0.15, 0.2) is 0 Å². The molecule has 0 saturated carbocycles. The molecule has 2 aliphatic rings. The van der Waals surface area contributed by atoms with Crippen molar-refractivity contribution in [3.8, 4) is 0 Å². The lowest BCUT2D eigenvalue weighted by Crippen LogP contribution is -2.55. The van der Waals surface area contributed by atoms with Crippen molar-refractivity contribution in [2.45, 2.75) is 52.0 Å². The second-order valence-corrected chi connectivity index (χ2v) is 6.82. The van der Waals surface area contributed by atoms with Gasteiger partial charge >= 0.3 is 0 Å². The molecule has 0 spiro atoms. The van der Waals surface area contributed by atoms with Gasteiger partial charge in [-0.25, -0.2) is 0 Å². The van der Waals surface area contributed by atoms with E-state index in [9.17, 15) is 9.59 Å². The van der Waals surface area contributed by atoms with Crippen LogP contribution in [0.2, 0.25) is 0 Å². The molecule has 2 fully saturated rings. The van der Waals surface area contributed by atoms with Crippen molar-refractivity contribution in [2.24, 2.45) is 11.1 Å². The number of hydrogen-bond acceptors (Lipinski definition) is 3. The fourth-order valence-electron chi connectivity index (χ4n) is 3.06. The summed E-state index contributed by atoms with van der Waals surface area (Å²) < 4.78 is 0. The summed E-state index contributed by atoms with van der Waals surface area (Å²) in [5.74, 6) is 0.198. The molecule has 0 aromatic heterocycles. The predicted octanol–water partition coefficient (Wildman–Crippen LogP) is 0.975. The van der Waals surface area contributed by atoms with Gasteiger partial charge in [0.05, 0.1) is 6.54 Å². The molecule has 2 saturated heterocycles. The highest BCUT2D eigenvalue weighted by Crippen LogP contribution is 2.27. The van der Waals surface area contributed by atoms with Gasteiger partial charge in [-0.3, -0.25) is 9.59 Å². The number of carbonyl (C=O) groups excluding carboxylic acids is 2. The molecule has 1 unspecified atom stereocenters. The summed E-state index contributed by atoms with van der Waals surface area (Å²) >= 11 is 0. The molecule has 0 bridgehead atoms. The number of likely N-dealkylation sites (tertiary alicyclic amines) is 2. The Labute approximate surface area is 121 Å². The lowest BCUT2D eigenvalue weighted by atomic mass is 9.79. The van der Waals surface area contributed by atoms with Crippen LogP contribution < -0.4 is 5.73 Å². The van der Waals surface area contributed by atoms with Crippen molar-refractivity contribution in [2.75, 3.05) is 26.2 Å². The third-order valence-corrected chi connectivity index (χ3v) is 4.66. The largest absolute Gasteiger partial charge is 0.341 e. The zero-order chi connectivity index (χ0) is 14.8. The van der Waals surface area contributed by atoms with Crippen LogP contribution in [0.25, 0.3) is 0 Å².